The quantitative estimate of drug-likeness (QED) is 0.669. The Kier molecular flexibility index (Phi) is 4.37. The Morgan fingerprint density at radius 2 is 1.81 bits per heavy atom. The number of rotatable bonds is 6. The van der Waals surface area contributed by atoms with Gasteiger partial charge in [-0.2, -0.15) is 0 Å². The topological polar surface area (TPSA) is 17.0 Å². The van der Waals surface area contributed by atoms with E-state index in [9.17, 15) is 0 Å². The highest BCUT2D eigenvalue weighted by Crippen LogP contribution is 2.20. The molecule has 2 heteroatoms. The van der Waals surface area contributed by atoms with Crippen molar-refractivity contribution in [3.63, 3.8) is 0 Å². The van der Waals surface area contributed by atoms with Crippen molar-refractivity contribution in [3.05, 3.63) is 72.1 Å². The predicted octanol–water partition coefficient (Wildman–Crippen LogP) is 4.19. The molecule has 0 fully saturated rings. The van der Waals surface area contributed by atoms with Gasteiger partial charge in [0.1, 0.15) is 0 Å². The molecular formula is C19H22N2. The van der Waals surface area contributed by atoms with Crippen LogP contribution in [0.25, 0.3) is 10.8 Å². The third-order valence-electron chi connectivity index (χ3n) is 3.88. The van der Waals surface area contributed by atoms with Crippen molar-refractivity contribution in [2.24, 2.45) is 0 Å². The van der Waals surface area contributed by atoms with Crippen LogP contribution >= 0.6 is 0 Å². The zero-order valence-electron chi connectivity index (χ0n) is 12.5. The van der Waals surface area contributed by atoms with E-state index in [0.717, 1.165) is 19.6 Å². The lowest BCUT2D eigenvalue weighted by molar-refractivity contribution is 0.631. The molecule has 21 heavy (non-hydrogen) atoms. The van der Waals surface area contributed by atoms with Crippen LogP contribution in [0.15, 0.2) is 60.8 Å². The Morgan fingerprint density at radius 3 is 2.71 bits per heavy atom. The number of hydrogen-bond donors (Lipinski definition) is 1. The molecular weight excluding hydrogens is 256 g/mol. The van der Waals surface area contributed by atoms with Crippen LogP contribution in [0, 0.1) is 0 Å². The summed E-state index contributed by atoms with van der Waals surface area (Å²) in [5.41, 5.74) is 2.72. The Morgan fingerprint density at radius 1 is 0.952 bits per heavy atom. The summed E-state index contributed by atoms with van der Waals surface area (Å²) >= 11 is 0. The van der Waals surface area contributed by atoms with E-state index in [4.69, 9.17) is 0 Å². The van der Waals surface area contributed by atoms with Crippen LogP contribution in [0.5, 0.6) is 0 Å². The smallest absolute Gasteiger partial charge is 0.0479 e. The lowest BCUT2D eigenvalue weighted by Gasteiger charge is -2.12. The Labute approximate surface area is 126 Å². The Balaban J connectivity index is 1.84. The van der Waals surface area contributed by atoms with E-state index in [2.05, 4.69) is 77.6 Å². The number of nitrogens with zero attached hydrogens (tertiary/aromatic N) is 1. The van der Waals surface area contributed by atoms with Crippen LogP contribution in [0.1, 0.15) is 24.6 Å². The van der Waals surface area contributed by atoms with Crippen molar-refractivity contribution in [1.82, 2.24) is 9.88 Å². The molecule has 0 unspecified atom stereocenters. The summed E-state index contributed by atoms with van der Waals surface area (Å²) in [5, 5.41) is 6.14. The maximum absolute atomic E-state index is 3.48. The summed E-state index contributed by atoms with van der Waals surface area (Å²) in [5.74, 6) is 0. The highest BCUT2D eigenvalue weighted by Gasteiger charge is 2.04. The first-order valence-corrected chi connectivity index (χ1v) is 7.70. The van der Waals surface area contributed by atoms with Crippen molar-refractivity contribution in [3.8, 4) is 0 Å². The Bertz CT molecular complexity index is 707. The van der Waals surface area contributed by atoms with Gasteiger partial charge in [-0.3, -0.25) is 0 Å². The molecule has 3 aromatic rings. The first-order valence-electron chi connectivity index (χ1n) is 7.70. The molecule has 108 valence electrons. The standard InChI is InChI=1S/C19H22N2/c1-2-12-20-14-18-10-6-13-21(18)15-17-9-5-8-16-7-3-4-11-19(16)17/h3-11,13,20H,2,12,14-15H2,1H3. The molecule has 0 saturated heterocycles. The van der Waals surface area contributed by atoms with E-state index >= 15 is 0 Å². The lowest BCUT2D eigenvalue weighted by Crippen LogP contribution is -2.17. The normalized spacial score (nSPS) is 11.1. The molecule has 2 nitrogen and oxygen atoms in total. The molecule has 1 aromatic heterocycles. The third kappa shape index (κ3) is 3.17. The summed E-state index contributed by atoms with van der Waals surface area (Å²) in [6.45, 7) is 5.13. The third-order valence-corrected chi connectivity index (χ3v) is 3.88. The molecule has 0 atom stereocenters. The van der Waals surface area contributed by atoms with Gasteiger partial charge in [-0.15, -0.1) is 0 Å². The van der Waals surface area contributed by atoms with E-state index in [1.807, 2.05) is 0 Å². The van der Waals surface area contributed by atoms with Gasteiger partial charge in [-0.1, -0.05) is 49.4 Å². The van der Waals surface area contributed by atoms with Gasteiger partial charge in [0.25, 0.3) is 0 Å². The van der Waals surface area contributed by atoms with E-state index in [-0.39, 0.29) is 0 Å². The average Bonchev–Trinajstić information content (AvgIpc) is 2.95. The first kappa shape index (κ1) is 13.9. The van der Waals surface area contributed by atoms with Crippen LogP contribution in [0.2, 0.25) is 0 Å². The van der Waals surface area contributed by atoms with Crippen molar-refractivity contribution in [1.29, 1.82) is 0 Å². The molecule has 0 amide bonds. The Hall–Kier alpha value is -2.06. The summed E-state index contributed by atoms with van der Waals surface area (Å²) in [6, 6.07) is 19.5. The minimum absolute atomic E-state index is 0.928. The van der Waals surface area contributed by atoms with E-state index < -0.39 is 0 Å². The maximum Gasteiger partial charge on any atom is 0.0479 e. The van der Waals surface area contributed by atoms with Gasteiger partial charge in [-0.25, -0.2) is 0 Å². The van der Waals surface area contributed by atoms with Gasteiger partial charge in [0, 0.05) is 25.0 Å². The van der Waals surface area contributed by atoms with Crippen LogP contribution in [0.3, 0.4) is 0 Å². The second-order valence-electron chi connectivity index (χ2n) is 5.44. The highest BCUT2D eigenvalue weighted by molar-refractivity contribution is 5.85. The molecule has 2 aromatic carbocycles. The number of benzene rings is 2. The summed E-state index contributed by atoms with van der Waals surface area (Å²) in [4.78, 5) is 0. The minimum Gasteiger partial charge on any atom is -0.346 e. The van der Waals surface area contributed by atoms with Crippen molar-refractivity contribution < 1.29 is 0 Å². The van der Waals surface area contributed by atoms with Gasteiger partial charge in [-0.05, 0) is 41.4 Å². The van der Waals surface area contributed by atoms with Crippen LogP contribution in [0.4, 0.5) is 0 Å². The maximum atomic E-state index is 3.48. The van der Waals surface area contributed by atoms with Crippen molar-refractivity contribution in [2.45, 2.75) is 26.4 Å². The minimum atomic E-state index is 0.928. The van der Waals surface area contributed by atoms with Crippen molar-refractivity contribution in [2.75, 3.05) is 6.54 Å². The SMILES string of the molecule is CCCNCc1cccn1Cc1cccc2ccccc12. The monoisotopic (exact) mass is 278 g/mol. The molecule has 3 rings (SSSR count). The zero-order chi connectivity index (χ0) is 14.5. The number of fused-ring (bicyclic) bond motifs is 1. The fourth-order valence-electron chi connectivity index (χ4n) is 2.77. The molecule has 0 radical (unpaired) electrons. The number of nitrogens with one attached hydrogen (secondary N) is 1. The van der Waals surface area contributed by atoms with Crippen LogP contribution in [-0.4, -0.2) is 11.1 Å². The van der Waals surface area contributed by atoms with E-state index in [1.54, 1.807) is 0 Å². The zero-order valence-corrected chi connectivity index (χ0v) is 12.5. The largest absolute Gasteiger partial charge is 0.346 e. The highest BCUT2D eigenvalue weighted by atomic mass is 15.0. The number of aromatic nitrogens is 1. The van der Waals surface area contributed by atoms with Gasteiger partial charge in [0.15, 0.2) is 0 Å². The van der Waals surface area contributed by atoms with Crippen LogP contribution in [-0.2, 0) is 13.1 Å². The van der Waals surface area contributed by atoms with Gasteiger partial charge in [0.05, 0.1) is 0 Å². The summed E-state index contributed by atoms with van der Waals surface area (Å²) < 4.78 is 2.34. The average molecular weight is 278 g/mol. The molecule has 1 N–H and O–H groups in total. The fraction of sp³-hybridized carbons (Fsp3) is 0.263. The molecule has 0 bridgehead atoms. The van der Waals surface area contributed by atoms with E-state index in [1.165, 1.54) is 28.5 Å². The fourth-order valence-corrected chi connectivity index (χ4v) is 2.77. The molecule has 0 aliphatic heterocycles. The molecule has 1 heterocycles. The molecule has 0 spiro atoms. The van der Waals surface area contributed by atoms with Gasteiger partial charge < -0.3 is 9.88 Å². The predicted molar refractivity (Wildman–Crippen MR) is 89.5 cm³/mol. The number of hydrogen-bond acceptors (Lipinski definition) is 1. The molecule has 0 saturated carbocycles. The lowest BCUT2D eigenvalue weighted by atomic mass is 10.0. The van der Waals surface area contributed by atoms with Crippen molar-refractivity contribution >= 4 is 10.8 Å². The summed E-state index contributed by atoms with van der Waals surface area (Å²) in [7, 11) is 0. The van der Waals surface area contributed by atoms with E-state index in [0.29, 0.717) is 0 Å². The summed E-state index contributed by atoms with van der Waals surface area (Å²) in [6.07, 6.45) is 3.34. The van der Waals surface area contributed by atoms with Gasteiger partial charge >= 0.3 is 0 Å². The van der Waals surface area contributed by atoms with Crippen LogP contribution < -0.4 is 5.32 Å². The second kappa shape index (κ2) is 6.59. The first-order chi connectivity index (χ1) is 10.4. The molecule has 0 aliphatic rings. The molecule has 0 aliphatic carbocycles. The second-order valence-corrected chi connectivity index (χ2v) is 5.44. The van der Waals surface area contributed by atoms with Gasteiger partial charge in [0.2, 0.25) is 0 Å².